The van der Waals surface area contributed by atoms with Gasteiger partial charge in [0.1, 0.15) is 5.82 Å². The highest BCUT2D eigenvalue weighted by Crippen LogP contribution is 2.14. The standard InChI is InChI=1S/C16H13ClN2O/c1-10-5-6-13-14(7-10)18-15(19-16(13)20)9-11-3-2-4-12(17)8-11/h2-8H,9H2,1H3,(H,18,19,20). The summed E-state index contributed by atoms with van der Waals surface area (Å²) in [5.74, 6) is 0.648. The number of rotatable bonds is 2. The topological polar surface area (TPSA) is 45.8 Å². The highest BCUT2D eigenvalue weighted by atomic mass is 35.5. The van der Waals surface area contributed by atoms with Crippen LogP contribution in [0.25, 0.3) is 10.9 Å². The lowest BCUT2D eigenvalue weighted by atomic mass is 10.1. The summed E-state index contributed by atoms with van der Waals surface area (Å²) in [6, 6.07) is 13.2. The number of aromatic amines is 1. The van der Waals surface area contributed by atoms with Gasteiger partial charge in [0.2, 0.25) is 0 Å². The van der Waals surface area contributed by atoms with Crippen molar-refractivity contribution in [2.45, 2.75) is 13.3 Å². The lowest BCUT2D eigenvalue weighted by molar-refractivity contribution is 0.973. The van der Waals surface area contributed by atoms with Crippen LogP contribution in [0.4, 0.5) is 0 Å². The largest absolute Gasteiger partial charge is 0.310 e. The molecule has 1 N–H and O–H groups in total. The minimum atomic E-state index is -0.105. The Bertz CT molecular complexity index is 839. The summed E-state index contributed by atoms with van der Waals surface area (Å²) < 4.78 is 0. The molecule has 0 saturated carbocycles. The van der Waals surface area contributed by atoms with Crippen LogP contribution in [0, 0.1) is 6.92 Å². The number of aryl methyl sites for hydroxylation is 1. The zero-order chi connectivity index (χ0) is 14.1. The van der Waals surface area contributed by atoms with Crippen molar-refractivity contribution in [3.05, 3.63) is 74.8 Å². The minimum absolute atomic E-state index is 0.105. The highest BCUT2D eigenvalue weighted by molar-refractivity contribution is 6.30. The number of benzene rings is 2. The van der Waals surface area contributed by atoms with E-state index in [1.807, 2.05) is 43.3 Å². The first-order chi connectivity index (χ1) is 9.61. The van der Waals surface area contributed by atoms with Crippen LogP contribution >= 0.6 is 11.6 Å². The van der Waals surface area contributed by atoms with Crippen LogP contribution in [0.3, 0.4) is 0 Å². The van der Waals surface area contributed by atoms with Crippen molar-refractivity contribution < 1.29 is 0 Å². The molecular weight excluding hydrogens is 272 g/mol. The van der Waals surface area contributed by atoms with Gasteiger partial charge in [-0.05, 0) is 42.3 Å². The maximum atomic E-state index is 12.0. The lowest BCUT2D eigenvalue weighted by Crippen LogP contribution is -2.12. The Kier molecular flexibility index (Phi) is 3.28. The summed E-state index contributed by atoms with van der Waals surface area (Å²) in [5, 5.41) is 1.30. The molecule has 0 amide bonds. The molecule has 0 fully saturated rings. The van der Waals surface area contributed by atoms with E-state index in [0.29, 0.717) is 22.7 Å². The smallest absolute Gasteiger partial charge is 0.258 e. The predicted octanol–water partition coefficient (Wildman–Crippen LogP) is 3.48. The van der Waals surface area contributed by atoms with Crippen LogP contribution < -0.4 is 5.56 Å². The Labute approximate surface area is 121 Å². The number of aromatic nitrogens is 2. The maximum Gasteiger partial charge on any atom is 0.258 e. The Balaban J connectivity index is 2.06. The highest BCUT2D eigenvalue weighted by Gasteiger charge is 2.05. The molecule has 0 bridgehead atoms. The Morgan fingerprint density at radius 3 is 2.85 bits per heavy atom. The van der Waals surface area contributed by atoms with Gasteiger partial charge < -0.3 is 4.98 Å². The van der Waals surface area contributed by atoms with Crippen LogP contribution in [-0.2, 0) is 6.42 Å². The van der Waals surface area contributed by atoms with Crippen LogP contribution in [0.5, 0.6) is 0 Å². The second-order valence-electron chi connectivity index (χ2n) is 4.84. The van der Waals surface area contributed by atoms with Crippen LogP contribution in [0.2, 0.25) is 5.02 Å². The third kappa shape index (κ3) is 2.58. The third-order valence-corrected chi connectivity index (χ3v) is 3.41. The monoisotopic (exact) mass is 284 g/mol. The molecule has 100 valence electrons. The molecule has 1 aromatic heterocycles. The molecule has 0 aliphatic carbocycles. The summed E-state index contributed by atoms with van der Waals surface area (Å²) in [4.78, 5) is 19.4. The van der Waals surface area contributed by atoms with E-state index >= 15 is 0 Å². The van der Waals surface area contributed by atoms with Gasteiger partial charge in [-0.25, -0.2) is 4.98 Å². The van der Waals surface area contributed by atoms with E-state index in [9.17, 15) is 4.79 Å². The molecule has 0 spiro atoms. The number of hydrogen-bond acceptors (Lipinski definition) is 2. The van der Waals surface area contributed by atoms with E-state index < -0.39 is 0 Å². The maximum absolute atomic E-state index is 12.0. The molecule has 0 aliphatic heterocycles. The average molecular weight is 285 g/mol. The van der Waals surface area contributed by atoms with Gasteiger partial charge >= 0.3 is 0 Å². The van der Waals surface area contributed by atoms with Crippen LogP contribution in [-0.4, -0.2) is 9.97 Å². The summed E-state index contributed by atoms with van der Waals surface area (Å²) in [5.41, 5.74) is 2.73. The van der Waals surface area contributed by atoms with Gasteiger partial charge in [0.05, 0.1) is 10.9 Å². The normalized spacial score (nSPS) is 10.9. The number of fused-ring (bicyclic) bond motifs is 1. The van der Waals surface area contributed by atoms with Crippen molar-refractivity contribution >= 4 is 22.5 Å². The van der Waals surface area contributed by atoms with Crippen molar-refractivity contribution in [3.8, 4) is 0 Å². The fourth-order valence-electron chi connectivity index (χ4n) is 2.22. The molecule has 4 heteroatoms. The second-order valence-corrected chi connectivity index (χ2v) is 5.28. The Hall–Kier alpha value is -2.13. The van der Waals surface area contributed by atoms with E-state index in [-0.39, 0.29) is 5.56 Å². The number of hydrogen-bond donors (Lipinski definition) is 1. The Morgan fingerprint density at radius 2 is 2.05 bits per heavy atom. The molecular formula is C16H13ClN2O. The van der Waals surface area contributed by atoms with Crippen LogP contribution in [0.1, 0.15) is 17.0 Å². The first-order valence-corrected chi connectivity index (χ1v) is 6.73. The van der Waals surface area contributed by atoms with Gasteiger partial charge in [-0.3, -0.25) is 4.79 Å². The number of H-pyrrole nitrogens is 1. The van der Waals surface area contributed by atoms with Gasteiger partial charge in [0, 0.05) is 11.4 Å². The molecule has 0 atom stereocenters. The van der Waals surface area contributed by atoms with E-state index in [1.165, 1.54) is 0 Å². The van der Waals surface area contributed by atoms with Crippen molar-refractivity contribution in [3.63, 3.8) is 0 Å². The van der Waals surface area contributed by atoms with Crippen molar-refractivity contribution in [1.82, 2.24) is 9.97 Å². The van der Waals surface area contributed by atoms with Crippen molar-refractivity contribution in [2.75, 3.05) is 0 Å². The van der Waals surface area contributed by atoms with Gasteiger partial charge in [-0.15, -0.1) is 0 Å². The first-order valence-electron chi connectivity index (χ1n) is 6.36. The summed E-state index contributed by atoms with van der Waals surface area (Å²) in [6.07, 6.45) is 0.555. The zero-order valence-electron chi connectivity index (χ0n) is 11.0. The summed E-state index contributed by atoms with van der Waals surface area (Å²) >= 11 is 5.97. The minimum Gasteiger partial charge on any atom is -0.310 e. The van der Waals surface area contributed by atoms with Gasteiger partial charge in [-0.2, -0.15) is 0 Å². The lowest BCUT2D eigenvalue weighted by Gasteiger charge is -2.04. The predicted molar refractivity (Wildman–Crippen MR) is 81.4 cm³/mol. The quantitative estimate of drug-likeness (QED) is 0.783. The van der Waals surface area contributed by atoms with E-state index in [0.717, 1.165) is 16.6 Å². The molecule has 3 nitrogen and oxygen atoms in total. The van der Waals surface area contributed by atoms with E-state index in [2.05, 4.69) is 9.97 Å². The van der Waals surface area contributed by atoms with Gasteiger partial charge in [-0.1, -0.05) is 29.8 Å². The average Bonchev–Trinajstić information content (AvgIpc) is 2.38. The first kappa shape index (κ1) is 12.9. The van der Waals surface area contributed by atoms with Gasteiger partial charge in [0.25, 0.3) is 5.56 Å². The van der Waals surface area contributed by atoms with E-state index in [4.69, 9.17) is 11.6 Å². The fraction of sp³-hybridized carbons (Fsp3) is 0.125. The number of nitrogens with one attached hydrogen (secondary N) is 1. The molecule has 0 radical (unpaired) electrons. The summed E-state index contributed by atoms with van der Waals surface area (Å²) in [7, 11) is 0. The van der Waals surface area contributed by atoms with Gasteiger partial charge in [0.15, 0.2) is 0 Å². The zero-order valence-corrected chi connectivity index (χ0v) is 11.7. The van der Waals surface area contributed by atoms with Crippen molar-refractivity contribution in [2.24, 2.45) is 0 Å². The second kappa shape index (κ2) is 5.10. The Morgan fingerprint density at radius 1 is 1.20 bits per heavy atom. The van der Waals surface area contributed by atoms with E-state index in [1.54, 1.807) is 6.07 Å². The fourth-order valence-corrected chi connectivity index (χ4v) is 2.43. The number of nitrogens with zero attached hydrogens (tertiary/aromatic N) is 1. The molecule has 3 aromatic rings. The van der Waals surface area contributed by atoms with Crippen LogP contribution in [0.15, 0.2) is 47.3 Å². The number of halogens is 1. The molecule has 0 unspecified atom stereocenters. The molecule has 2 aromatic carbocycles. The molecule has 0 aliphatic rings. The molecule has 1 heterocycles. The molecule has 20 heavy (non-hydrogen) atoms. The summed E-state index contributed by atoms with van der Waals surface area (Å²) in [6.45, 7) is 1.99. The third-order valence-electron chi connectivity index (χ3n) is 3.17. The molecule has 0 saturated heterocycles. The van der Waals surface area contributed by atoms with Crippen molar-refractivity contribution in [1.29, 1.82) is 0 Å². The molecule has 3 rings (SSSR count). The SMILES string of the molecule is Cc1ccc2c(=O)[nH]c(Cc3cccc(Cl)c3)nc2c1.